The number of nitrogens with zero attached hydrogens (tertiary/aromatic N) is 1. The summed E-state index contributed by atoms with van der Waals surface area (Å²) in [4.78, 5) is 24.9. The van der Waals surface area contributed by atoms with Crippen LogP contribution in [0.3, 0.4) is 0 Å². The fourth-order valence-electron chi connectivity index (χ4n) is 2.99. The Bertz CT molecular complexity index is 638. The van der Waals surface area contributed by atoms with Crippen molar-refractivity contribution < 1.29 is 9.59 Å². The van der Waals surface area contributed by atoms with Crippen molar-refractivity contribution >= 4 is 17.5 Å². The Morgan fingerprint density at radius 2 is 1.91 bits per heavy atom. The molecule has 0 aliphatic heterocycles. The number of carbonyl (C=O) groups is 2. The monoisotopic (exact) mass is 297 g/mol. The van der Waals surface area contributed by atoms with E-state index in [2.05, 4.69) is 10.6 Å². The highest BCUT2D eigenvalue weighted by atomic mass is 16.2. The summed E-state index contributed by atoms with van der Waals surface area (Å²) in [6.45, 7) is 0. The van der Waals surface area contributed by atoms with Crippen molar-refractivity contribution in [3.63, 3.8) is 0 Å². The molecule has 0 spiro atoms. The van der Waals surface area contributed by atoms with Gasteiger partial charge < -0.3 is 10.6 Å². The zero-order valence-corrected chi connectivity index (χ0v) is 12.4. The van der Waals surface area contributed by atoms with Gasteiger partial charge in [-0.05, 0) is 43.9 Å². The maximum atomic E-state index is 12.5. The highest BCUT2D eigenvalue weighted by Gasteiger charge is 2.56. The number of amides is 2. The minimum Gasteiger partial charge on any atom is -0.352 e. The van der Waals surface area contributed by atoms with E-state index in [-0.39, 0.29) is 17.9 Å². The molecule has 0 aromatic heterocycles. The quantitative estimate of drug-likeness (QED) is 0.837. The second-order valence-corrected chi connectivity index (χ2v) is 6.18. The van der Waals surface area contributed by atoms with Crippen LogP contribution in [-0.2, 0) is 9.59 Å². The molecule has 1 aromatic carbocycles. The van der Waals surface area contributed by atoms with Crippen LogP contribution in [0.25, 0.3) is 0 Å². The largest absolute Gasteiger partial charge is 0.352 e. The van der Waals surface area contributed by atoms with E-state index in [1.54, 1.807) is 24.3 Å². The minimum atomic E-state index is -0.911. The van der Waals surface area contributed by atoms with Gasteiger partial charge in [-0.15, -0.1) is 0 Å². The van der Waals surface area contributed by atoms with Gasteiger partial charge in [0.15, 0.2) is 0 Å². The van der Waals surface area contributed by atoms with E-state index < -0.39 is 5.41 Å². The molecule has 3 rings (SSSR count). The van der Waals surface area contributed by atoms with Crippen molar-refractivity contribution in [2.45, 2.75) is 44.6 Å². The smallest absolute Gasteiger partial charge is 0.240 e. The molecule has 2 aliphatic carbocycles. The molecule has 0 unspecified atom stereocenters. The minimum absolute atomic E-state index is 0.145. The predicted octanol–water partition coefficient (Wildman–Crippen LogP) is 2.34. The topological polar surface area (TPSA) is 82.0 Å². The van der Waals surface area contributed by atoms with Gasteiger partial charge in [-0.2, -0.15) is 5.26 Å². The average molecular weight is 297 g/mol. The zero-order chi connectivity index (χ0) is 15.6. The van der Waals surface area contributed by atoms with Crippen molar-refractivity contribution in [3.05, 3.63) is 29.8 Å². The van der Waals surface area contributed by atoms with Crippen LogP contribution in [0, 0.1) is 16.7 Å². The molecule has 0 heterocycles. The lowest BCUT2D eigenvalue weighted by molar-refractivity contribution is -0.134. The van der Waals surface area contributed by atoms with Crippen LogP contribution >= 0.6 is 0 Å². The van der Waals surface area contributed by atoms with Crippen LogP contribution < -0.4 is 10.6 Å². The molecular weight excluding hydrogens is 278 g/mol. The summed E-state index contributed by atoms with van der Waals surface area (Å²) in [5.41, 5.74) is 0.132. The van der Waals surface area contributed by atoms with Crippen molar-refractivity contribution in [2.24, 2.45) is 5.41 Å². The van der Waals surface area contributed by atoms with Crippen LogP contribution in [0.1, 0.15) is 44.1 Å². The molecule has 0 atom stereocenters. The molecule has 2 amide bonds. The zero-order valence-electron chi connectivity index (χ0n) is 12.4. The molecule has 0 saturated heterocycles. The molecule has 2 aliphatic rings. The van der Waals surface area contributed by atoms with Gasteiger partial charge in [-0.3, -0.25) is 9.59 Å². The summed E-state index contributed by atoms with van der Waals surface area (Å²) in [6, 6.07) is 8.99. The maximum Gasteiger partial charge on any atom is 0.240 e. The van der Waals surface area contributed by atoms with Crippen LogP contribution in [-0.4, -0.2) is 17.9 Å². The Morgan fingerprint density at radius 3 is 2.55 bits per heavy atom. The first-order chi connectivity index (χ1) is 10.6. The Morgan fingerprint density at radius 1 is 1.18 bits per heavy atom. The highest BCUT2D eigenvalue weighted by molar-refractivity contribution is 6.13. The second-order valence-electron chi connectivity index (χ2n) is 6.18. The fourth-order valence-corrected chi connectivity index (χ4v) is 2.99. The van der Waals surface area contributed by atoms with Crippen LogP contribution in [0.4, 0.5) is 5.69 Å². The van der Waals surface area contributed by atoms with Gasteiger partial charge in [0.1, 0.15) is 5.41 Å². The highest BCUT2D eigenvalue weighted by Crippen LogP contribution is 2.47. The van der Waals surface area contributed by atoms with E-state index in [0.717, 1.165) is 25.7 Å². The number of hydrogen-bond acceptors (Lipinski definition) is 3. The van der Waals surface area contributed by atoms with Crippen LogP contribution in [0.15, 0.2) is 24.3 Å². The molecule has 22 heavy (non-hydrogen) atoms. The molecule has 0 radical (unpaired) electrons. The summed E-state index contributed by atoms with van der Waals surface area (Å²) >= 11 is 0. The third-order valence-corrected chi connectivity index (χ3v) is 4.56. The SMILES string of the molecule is N#Cc1cccc(NC(=O)C2(C(=O)NC3CCCC3)CC2)c1. The number of benzene rings is 1. The standard InChI is InChI=1S/C17H19N3O2/c18-11-12-4-3-7-14(10-12)20-16(22)17(8-9-17)15(21)19-13-5-1-2-6-13/h3-4,7,10,13H,1-2,5-6,8-9H2,(H,19,21)(H,20,22). The average Bonchev–Trinajstić information content (AvgIpc) is 3.20. The third kappa shape index (κ3) is 2.82. The Labute approximate surface area is 129 Å². The first kappa shape index (κ1) is 14.6. The fraction of sp³-hybridized carbons (Fsp3) is 0.471. The van der Waals surface area contributed by atoms with Gasteiger partial charge in [0, 0.05) is 11.7 Å². The summed E-state index contributed by atoms with van der Waals surface area (Å²) in [5.74, 6) is -0.411. The van der Waals surface area contributed by atoms with E-state index in [1.165, 1.54) is 0 Å². The number of anilines is 1. The third-order valence-electron chi connectivity index (χ3n) is 4.56. The van der Waals surface area contributed by atoms with Crippen molar-refractivity contribution in [1.82, 2.24) is 5.32 Å². The normalized spacial score (nSPS) is 19.2. The summed E-state index contributed by atoms with van der Waals surface area (Å²) in [6.07, 6.45) is 5.49. The van der Waals surface area contributed by atoms with Gasteiger partial charge in [0.2, 0.25) is 11.8 Å². The molecule has 2 saturated carbocycles. The van der Waals surface area contributed by atoms with E-state index >= 15 is 0 Å². The van der Waals surface area contributed by atoms with Crippen molar-refractivity contribution in [3.8, 4) is 6.07 Å². The number of nitriles is 1. The van der Waals surface area contributed by atoms with Gasteiger partial charge in [0.05, 0.1) is 11.6 Å². The summed E-state index contributed by atoms with van der Waals surface area (Å²) < 4.78 is 0. The molecule has 2 fully saturated rings. The number of hydrogen-bond donors (Lipinski definition) is 2. The molecule has 5 heteroatoms. The first-order valence-electron chi connectivity index (χ1n) is 7.77. The van der Waals surface area contributed by atoms with Crippen LogP contribution in [0.5, 0.6) is 0 Å². The Kier molecular flexibility index (Phi) is 3.84. The summed E-state index contributed by atoms with van der Waals surface area (Å²) in [5, 5.41) is 14.7. The number of rotatable bonds is 4. The summed E-state index contributed by atoms with van der Waals surface area (Å²) in [7, 11) is 0. The molecule has 1 aromatic rings. The molecular formula is C17H19N3O2. The van der Waals surface area contributed by atoms with Gasteiger partial charge in [0.25, 0.3) is 0 Å². The van der Waals surface area contributed by atoms with E-state index in [1.807, 2.05) is 6.07 Å². The van der Waals surface area contributed by atoms with Crippen molar-refractivity contribution in [1.29, 1.82) is 5.26 Å². The van der Waals surface area contributed by atoms with E-state index in [9.17, 15) is 9.59 Å². The molecule has 114 valence electrons. The second kappa shape index (κ2) is 5.80. The molecule has 5 nitrogen and oxygen atoms in total. The lowest BCUT2D eigenvalue weighted by Gasteiger charge is -2.18. The van der Waals surface area contributed by atoms with Crippen LogP contribution in [0.2, 0.25) is 0 Å². The number of nitrogens with one attached hydrogen (secondary N) is 2. The van der Waals surface area contributed by atoms with Gasteiger partial charge in [-0.1, -0.05) is 18.9 Å². The maximum absolute atomic E-state index is 12.5. The van der Waals surface area contributed by atoms with E-state index in [4.69, 9.17) is 5.26 Å². The number of carbonyl (C=O) groups excluding carboxylic acids is 2. The molecule has 2 N–H and O–H groups in total. The Balaban J connectivity index is 1.65. The lowest BCUT2D eigenvalue weighted by atomic mass is 10.0. The Hall–Kier alpha value is -2.35. The lowest BCUT2D eigenvalue weighted by Crippen LogP contribution is -2.43. The van der Waals surface area contributed by atoms with Gasteiger partial charge >= 0.3 is 0 Å². The first-order valence-corrected chi connectivity index (χ1v) is 7.77. The molecule has 0 bridgehead atoms. The van der Waals surface area contributed by atoms with Crippen molar-refractivity contribution in [2.75, 3.05) is 5.32 Å². The predicted molar refractivity (Wildman–Crippen MR) is 81.9 cm³/mol. The van der Waals surface area contributed by atoms with E-state index in [0.29, 0.717) is 24.1 Å². The van der Waals surface area contributed by atoms with Gasteiger partial charge in [-0.25, -0.2) is 0 Å².